The van der Waals surface area contributed by atoms with E-state index in [1.165, 1.54) is 12.1 Å². The highest BCUT2D eigenvalue weighted by atomic mass is 127. The minimum atomic E-state index is 0. The van der Waals surface area contributed by atoms with Gasteiger partial charge in [0.1, 0.15) is 0 Å². The number of ether oxygens (including phenoxy) is 1. The molecule has 2 heterocycles. The number of nitrogens with zero attached hydrogens (tertiary/aromatic N) is 3. The Morgan fingerprint density at radius 3 is 2.65 bits per heavy atom. The van der Waals surface area contributed by atoms with Gasteiger partial charge in [-0.15, -0.1) is 24.0 Å². The summed E-state index contributed by atoms with van der Waals surface area (Å²) in [5.41, 5.74) is 1.18. The van der Waals surface area contributed by atoms with Crippen LogP contribution in [0.2, 0.25) is 0 Å². The molecule has 1 aromatic rings. The van der Waals surface area contributed by atoms with Crippen LogP contribution in [0.15, 0.2) is 35.3 Å². The van der Waals surface area contributed by atoms with E-state index >= 15 is 0 Å². The van der Waals surface area contributed by atoms with Crippen molar-refractivity contribution in [2.75, 3.05) is 64.8 Å². The zero-order chi connectivity index (χ0) is 17.3. The number of para-hydroxylation sites is 1. The summed E-state index contributed by atoms with van der Waals surface area (Å²) in [4.78, 5) is 9.44. The van der Waals surface area contributed by atoms with Crippen LogP contribution in [0.25, 0.3) is 0 Å². The van der Waals surface area contributed by atoms with Crippen LogP contribution in [0.4, 0.5) is 5.69 Å². The molecule has 26 heavy (non-hydrogen) atoms. The fourth-order valence-corrected chi connectivity index (χ4v) is 3.58. The summed E-state index contributed by atoms with van der Waals surface area (Å²) in [6.07, 6.45) is 2.28. The number of likely N-dealkylation sites (tertiary alicyclic amines) is 1. The highest BCUT2D eigenvalue weighted by Gasteiger charge is 2.30. The van der Waals surface area contributed by atoms with E-state index in [0.717, 1.165) is 64.9 Å². The van der Waals surface area contributed by atoms with Gasteiger partial charge in [0.15, 0.2) is 5.96 Å². The predicted molar refractivity (Wildman–Crippen MR) is 119 cm³/mol. The van der Waals surface area contributed by atoms with Crippen molar-refractivity contribution in [2.24, 2.45) is 4.99 Å². The second-order valence-corrected chi connectivity index (χ2v) is 6.66. The lowest BCUT2D eigenvalue weighted by atomic mass is 10.2. The molecule has 2 fully saturated rings. The van der Waals surface area contributed by atoms with Crippen molar-refractivity contribution in [1.29, 1.82) is 0 Å². The predicted octanol–water partition coefficient (Wildman–Crippen LogP) is 2.09. The van der Waals surface area contributed by atoms with Crippen molar-refractivity contribution in [3.63, 3.8) is 0 Å². The number of benzene rings is 1. The molecule has 3 rings (SSSR count). The third-order valence-electron chi connectivity index (χ3n) is 4.98. The smallest absolute Gasteiger partial charge is 0.193 e. The topological polar surface area (TPSA) is 52.1 Å². The van der Waals surface area contributed by atoms with Gasteiger partial charge in [-0.2, -0.15) is 0 Å². The summed E-state index contributed by atoms with van der Waals surface area (Å²) in [5, 5.41) is 6.96. The highest BCUT2D eigenvalue weighted by molar-refractivity contribution is 14.0. The molecule has 7 heteroatoms. The number of rotatable bonds is 6. The van der Waals surface area contributed by atoms with Crippen LogP contribution in [0.5, 0.6) is 0 Å². The first-order chi connectivity index (χ1) is 12.4. The van der Waals surface area contributed by atoms with E-state index in [9.17, 15) is 0 Å². The number of hydrogen-bond acceptors (Lipinski definition) is 4. The Bertz CT molecular complexity index is 536. The molecule has 0 aliphatic carbocycles. The molecule has 2 saturated heterocycles. The van der Waals surface area contributed by atoms with Crippen LogP contribution in [0.3, 0.4) is 0 Å². The average molecular weight is 473 g/mol. The molecule has 0 spiro atoms. The van der Waals surface area contributed by atoms with E-state index in [-0.39, 0.29) is 24.0 Å². The monoisotopic (exact) mass is 473 g/mol. The Morgan fingerprint density at radius 1 is 1.15 bits per heavy atom. The molecular formula is C19H32IN5O. The van der Waals surface area contributed by atoms with E-state index in [0.29, 0.717) is 6.04 Å². The van der Waals surface area contributed by atoms with E-state index in [1.807, 2.05) is 13.1 Å². The summed E-state index contributed by atoms with van der Waals surface area (Å²) in [6, 6.07) is 11.0. The van der Waals surface area contributed by atoms with Gasteiger partial charge >= 0.3 is 0 Å². The number of halogens is 1. The van der Waals surface area contributed by atoms with Gasteiger partial charge in [-0.05, 0) is 25.0 Å². The van der Waals surface area contributed by atoms with Crippen LogP contribution < -0.4 is 10.6 Å². The van der Waals surface area contributed by atoms with Crippen LogP contribution in [-0.4, -0.2) is 81.3 Å². The largest absolute Gasteiger partial charge is 0.385 e. The van der Waals surface area contributed by atoms with E-state index < -0.39 is 0 Å². The highest BCUT2D eigenvalue weighted by Crippen LogP contribution is 2.17. The second kappa shape index (κ2) is 11.6. The van der Waals surface area contributed by atoms with Gasteiger partial charge in [-0.3, -0.25) is 9.89 Å². The zero-order valence-electron chi connectivity index (χ0n) is 15.7. The van der Waals surface area contributed by atoms with Crippen molar-refractivity contribution in [3.05, 3.63) is 30.3 Å². The third kappa shape index (κ3) is 6.28. The molecule has 0 saturated carbocycles. The average Bonchev–Trinajstić information content (AvgIpc) is 3.16. The molecular weight excluding hydrogens is 441 g/mol. The van der Waals surface area contributed by atoms with Gasteiger partial charge in [0, 0.05) is 58.0 Å². The number of guanidine groups is 1. The Balaban J connectivity index is 0.00000243. The van der Waals surface area contributed by atoms with Crippen LogP contribution >= 0.6 is 24.0 Å². The number of hydrogen-bond donors (Lipinski definition) is 2. The third-order valence-corrected chi connectivity index (χ3v) is 4.98. The summed E-state index contributed by atoms with van der Waals surface area (Å²) < 4.78 is 5.47. The maximum atomic E-state index is 5.47. The molecule has 2 aliphatic heterocycles. The molecule has 0 aromatic heterocycles. The first-order valence-corrected chi connectivity index (χ1v) is 9.43. The molecule has 146 valence electrons. The van der Waals surface area contributed by atoms with Crippen LogP contribution in [0, 0.1) is 0 Å². The van der Waals surface area contributed by atoms with Crippen molar-refractivity contribution in [1.82, 2.24) is 15.1 Å². The Hall–Kier alpha value is -1.06. The number of aliphatic imine (C=N–C) groups is 1. The SMILES string of the molecule is CN=C(NCCCNc1ccccc1)N1CCC(N2CCOCC2)C1.I. The lowest BCUT2D eigenvalue weighted by Gasteiger charge is -2.32. The standard InChI is InChI=1S/C19H31N5O.HI/c1-20-19(22-10-5-9-21-17-6-3-2-4-7-17)24-11-8-18(16-24)23-12-14-25-15-13-23;/h2-4,6-7,18,21H,5,8-16H2,1H3,(H,20,22);1H. The molecule has 0 amide bonds. The van der Waals surface area contributed by atoms with E-state index in [4.69, 9.17) is 4.74 Å². The van der Waals surface area contributed by atoms with Crippen molar-refractivity contribution < 1.29 is 4.74 Å². The summed E-state index contributed by atoms with van der Waals surface area (Å²) in [7, 11) is 1.88. The van der Waals surface area contributed by atoms with Gasteiger partial charge in [-0.1, -0.05) is 18.2 Å². The van der Waals surface area contributed by atoms with Gasteiger partial charge < -0.3 is 20.3 Å². The van der Waals surface area contributed by atoms with Crippen LogP contribution in [0.1, 0.15) is 12.8 Å². The maximum Gasteiger partial charge on any atom is 0.193 e. The van der Waals surface area contributed by atoms with Gasteiger partial charge in [-0.25, -0.2) is 0 Å². The maximum absolute atomic E-state index is 5.47. The quantitative estimate of drug-likeness (QED) is 0.287. The van der Waals surface area contributed by atoms with Gasteiger partial charge in [0.2, 0.25) is 0 Å². The molecule has 0 bridgehead atoms. The van der Waals surface area contributed by atoms with Crippen molar-refractivity contribution in [2.45, 2.75) is 18.9 Å². The number of anilines is 1. The Morgan fingerprint density at radius 2 is 1.92 bits per heavy atom. The van der Waals surface area contributed by atoms with Gasteiger partial charge in [0.05, 0.1) is 13.2 Å². The van der Waals surface area contributed by atoms with E-state index in [1.54, 1.807) is 0 Å². The van der Waals surface area contributed by atoms with Crippen LogP contribution in [-0.2, 0) is 4.74 Å². The fraction of sp³-hybridized carbons (Fsp3) is 0.632. The lowest BCUT2D eigenvalue weighted by molar-refractivity contribution is 0.0195. The fourth-order valence-electron chi connectivity index (χ4n) is 3.58. The first-order valence-electron chi connectivity index (χ1n) is 9.43. The Labute approximate surface area is 174 Å². The van der Waals surface area contributed by atoms with Crippen molar-refractivity contribution >= 4 is 35.6 Å². The summed E-state index contributed by atoms with van der Waals surface area (Å²) in [6.45, 7) is 7.93. The number of nitrogens with one attached hydrogen (secondary N) is 2. The summed E-state index contributed by atoms with van der Waals surface area (Å²) in [5.74, 6) is 1.04. The molecule has 1 aromatic carbocycles. The van der Waals surface area contributed by atoms with Crippen molar-refractivity contribution in [3.8, 4) is 0 Å². The summed E-state index contributed by atoms with van der Waals surface area (Å²) >= 11 is 0. The normalized spacial score (nSPS) is 21.3. The molecule has 0 radical (unpaired) electrons. The molecule has 1 unspecified atom stereocenters. The minimum Gasteiger partial charge on any atom is -0.385 e. The first kappa shape index (κ1) is 21.2. The molecule has 2 N–H and O–H groups in total. The minimum absolute atomic E-state index is 0. The molecule has 1 atom stereocenters. The molecule has 2 aliphatic rings. The number of morpholine rings is 1. The Kier molecular flexibility index (Phi) is 9.49. The zero-order valence-corrected chi connectivity index (χ0v) is 18.0. The van der Waals surface area contributed by atoms with E-state index in [2.05, 4.69) is 49.7 Å². The molecule has 6 nitrogen and oxygen atoms in total. The lowest BCUT2D eigenvalue weighted by Crippen LogP contribution is -2.46. The van der Waals surface area contributed by atoms with Gasteiger partial charge in [0.25, 0.3) is 0 Å². The second-order valence-electron chi connectivity index (χ2n) is 6.66.